The van der Waals surface area contributed by atoms with E-state index in [1.165, 1.54) is 10.5 Å². The molecule has 2 bridgehead atoms. The van der Waals surface area contributed by atoms with Gasteiger partial charge in [-0.1, -0.05) is 24.3 Å². The molecule has 4 fully saturated rings. The van der Waals surface area contributed by atoms with Gasteiger partial charge in [-0.15, -0.1) is 0 Å². The molecular weight excluding hydrogens is 441 g/mol. The van der Waals surface area contributed by atoms with Gasteiger partial charge in [0, 0.05) is 24.6 Å². The van der Waals surface area contributed by atoms with Gasteiger partial charge in [-0.25, -0.2) is 9.18 Å². The maximum absolute atomic E-state index is 13.4. The van der Waals surface area contributed by atoms with Crippen molar-refractivity contribution >= 4 is 12.1 Å². The molecule has 34 heavy (non-hydrogen) atoms. The Bertz CT molecular complexity index is 1060. The van der Waals surface area contributed by atoms with Crippen LogP contribution in [0.25, 0.3) is 11.1 Å². The first-order valence-electron chi connectivity index (χ1n) is 11.8. The first-order valence-corrected chi connectivity index (χ1v) is 11.8. The van der Waals surface area contributed by atoms with E-state index in [9.17, 15) is 19.1 Å². The van der Waals surface area contributed by atoms with Gasteiger partial charge in [0.15, 0.2) is 0 Å². The number of carboxylic acids is 1. The number of halogens is 1. The van der Waals surface area contributed by atoms with Gasteiger partial charge in [0.2, 0.25) is 0 Å². The third-order valence-electron chi connectivity index (χ3n) is 7.84. The highest BCUT2D eigenvalue weighted by molar-refractivity contribution is 5.70. The number of benzene rings is 1. The molecule has 9 heteroatoms. The van der Waals surface area contributed by atoms with Crippen LogP contribution in [-0.4, -0.2) is 63.3 Å². The first-order chi connectivity index (χ1) is 16.3. The van der Waals surface area contributed by atoms with E-state index in [0.29, 0.717) is 19.6 Å². The van der Waals surface area contributed by atoms with Gasteiger partial charge >= 0.3 is 12.1 Å². The van der Waals surface area contributed by atoms with Crippen molar-refractivity contribution in [1.82, 2.24) is 14.7 Å². The van der Waals surface area contributed by atoms with Crippen molar-refractivity contribution in [3.8, 4) is 11.1 Å². The normalized spacial score (nSPS) is 28.3. The number of aromatic nitrogens is 2. The predicted octanol–water partition coefficient (Wildman–Crippen LogP) is 3.82. The Balaban J connectivity index is 1.28. The lowest BCUT2D eigenvalue weighted by Gasteiger charge is -2.53. The second-order valence-corrected chi connectivity index (χ2v) is 9.91. The zero-order chi connectivity index (χ0) is 23.9. The van der Waals surface area contributed by atoms with Gasteiger partial charge in [-0.3, -0.25) is 9.48 Å². The molecule has 1 aliphatic carbocycles. The molecule has 0 radical (unpaired) electrons. The second kappa shape index (κ2) is 8.69. The van der Waals surface area contributed by atoms with Gasteiger partial charge in [0.25, 0.3) is 0 Å². The number of alkyl halides is 1. The van der Waals surface area contributed by atoms with E-state index in [1.54, 1.807) is 17.9 Å². The fraction of sp³-hybridized carbons (Fsp3) is 0.560. The Morgan fingerprint density at radius 2 is 1.97 bits per heavy atom. The highest BCUT2D eigenvalue weighted by atomic mass is 19.1. The van der Waals surface area contributed by atoms with Crippen LogP contribution in [-0.2, 0) is 33.3 Å². The average molecular weight is 472 g/mol. The van der Waals surface area contributed by atoms with Gasteiger partial charge in [0.1, 0.15) is 12.8 Å². The number of amides is 1. The van der Waals surface area contributed by atoms with Crippen molar-refractivity contribution in [2.24, 2.45) is 7.05 Å². The summed E-state index contributed by atoms with van der Waals surface area (Å²) in [4.78, 5) is 24.9. The van der Waals surface area contributed by atoms with Gasteiger partial charge in [-0.05, 0) is 43.2 Å². The van der Waals surface area contributed by atoms with E-state index in [1.807, 2.05) is 12.1 Å². The van der Waals surface area contributed by atoms with Crippen LogP contribution in [0.15, 0.2) is 30.5 Å². The molecule has 182 valence electrons. The van der Waals surface area contributed by atoms with Crippen LogP contribution in [0.3, 0.4) is 0 Å². The summed E-state index contributed by atoms with van der Waals surface area (Å²) >= 11 is 0. The Morgan fingerprint density at radius 1 is 1.24 bits per heavy atom. The number of ether oxygens (including phenoxy) is 2. The Morgan fingerprint density at radius 3 is 2.56 bits per heavy atom. The van der Waals surface area contributed by atoms with Crippen LogP contribution in [0.2, 0.25) is 0 Å². The van der Waals surface area contributed by atoms with Crippen LogP contribution in [0.4, 0.5) is 9.18 Å². The smallest absolute Gasteiger partial charge is 0.410 e. The molecule has 6 rings (SSSR count). The molecule has 8 nitrogen and oxygen atoms in total. The van der Waals surface area contributed by atoms with E-state index in [0.717, 1.165) is 42.5 Å². The third kappa shape index (κ3) is 4.17. The number of carbonyl (C=O) groups is 2. The molecule has 1 saturated carbocycles. The van der Waals surface area contributed by atoms with Crippen molar-refractivity contribution in [1.29, 1.82) is 0 Å². The number of hydrogen-bond donors (Lipinski definition) is 1. The fourth-order valence-electron chi connectivity index (χ4n) is 5.62. The Hall–Kier alpha value is -2.94. The summed E-state index contributed by atoms with van der Waals surface area (Å²) in [6.45, 7) is 1.07. The van der Waals surface area contributed by atoms with E-state index in [-0.39, 0.29) is 25.0 Å². The summed E-state index contributed by atoms with van der Waals surface area (Å²) in [6, 6.07) is 8.33. The number of carboxylic acid groups (broad SMARTS) is 1. The van der Waals surface area contributed by atoms with Crippen LogP contribution in [0, 0.1) is 0 Å². The molecule has 3 aliphatic heterocycles. The fourth-order valence-corrected chi connectivity index (χ4v) is 5.62. The molecule has 4 aliphatic rings. The SMILES string of the molecule is Cn1ncc(-c2ccc(C34CCC(CC(=O)O)(CC3)OC4)cc2)c1COC(=O)N1CC[C@H](F)C1. The first kappa shape index (κ1) is 22.8. The lowest BCUT2D eigenvalue weighted by Crippen LogP contribution is -2.54. The van der Waals surface area contributed by atoms with Crippen molar-refractivity contribution in [3.05, 3.63) is 41.7 Å². The highest BCUT2D eigenvalue weighted by Crippen LogP contribution is 2.51. The third-order valence-corrected chi connectivity index (χ3v) is 7.84. The number of fused-ring (bicyclic) bond motifs is 3. The quantitative estimate of drug-likeness (QED) is 0.688. The second-order valence-electron chi connectivity index (χ2n) is 9.91. The number of hydrogen-bond acceptors (Lipinski definition) is 5. The maximum atomic E-state index is 13.4. The summed E-state index contributed by atoms with van der Waals surface area (Å²) in [5, 5.41) is 13.6. The van der Waals surface area contributed by atoms with Gasteiger partial charge in [0.05, 0.1) is 37.1 Å². The van der Waals surface area contributed by atoms with E-state index in [4.69, 9.17) is 9.47 Å². The largest absolute Gasteiger partial charge is 0.481 e. The van der Waals surface area contributed by atoms with E-state index >= 15 is 0 Å². The van der Waals surface area contributed by atoms with Crippen molar-refractivity contribution in [2.75, 3.05) is 19.7 Å². The number of aliphatic carboxylic acids is 1. The summed E-state index contributed by atoms with van der Waals surface area (Å²) in [6.07, 6.45) is 4.06. The average Bonchev–Trinajstić information content (AvgIpc) is 3.43. The van der Waals surface area contributed by atoms with Crippen molar-refractivity contribution in [2.45, 2.75) is 62.3 Å². The summed E-state index contributed by atoms with van der Waals surface area (Å²) < 4.78 is 26.6. The van der Waals surface area contributed by atoms with Crippen molar-refractivity contribution < 1.29 is 28.6 Å². The summed E-state index contributed by atoms with van der Waals surface area (Å²) in [5.74, 6) is -0.802. The summed E-state index contributed by atoms with van der Waals surface area (Å²) in [7, 11) is 1.80. The highest BCUT2D eigenvalue weighted by Gasteiger charge is 2.51. The lowest BCUT2D eigenvalue weighted by molar-refractivity contribution is -0.174. The molecule has 3 saturated heterocycles. The van der Waals surface area contributed by atoms with Gasteiger partial charge in [-0.2, -0.15) is 5.10 Å². The van der Waals surface area contributed by atoms with E-state index < -0.39 is 23.8 Å². The number of carbonyl (C=O) groups excluding carboxylic acids is 1. The van der Waals surface area contributed by atoms with Crippen LogP contribution >= 0.6 is 0 Å². The van der Waals surface area contributed by atoms with Crippen LogP contribution in [0.1, 0.15) is 49.8 Å². The predicted molar refractivity (Wildman–Crippen MR) is 121 cm³/mol. The molecule has 1 aromatic carbocycles. The lowest BCUT2D eigenvalue weighted by atomic mass is 9.62. The molecular formula is C25H30FN3O5. The molecule has 4 heterocycles. The summed E-state index contributed by atoms with van der Waals surface area (Å²) in [5.41, 5.74) is 3.25. The molecule has 2 aromatic rings. The number of aryl methyl sites for hydroxylation is 1. The monoisotopic (exact) mass is 471 g/mol. The van der Waals surface area contributed by atoms with E-state index in [2.05, 4.69) is 17.2 Å². The minimum absolute atomic E-state index is 0.0588. The minimum atomic E-state index is -0.981. The molecule has 0 spiro atoms. The zero-order valence-electron chi connectivity index (χ0n) is 19.3. The number of rotatable bonds is 6. The molecule has 1 aromatic heterocycles. The maximum Gasteiger partial charge on any atom is 0.410 e. The molecule has 1 atom stereocenters. The van der Waals surface area contributed by atoms with Gasteiger partial charge < -0.3 is 19.5 Å². The Kier molecular flexibility index (Phi) is 5.83. The molecule has 0 unspecified atom stereocenters. The number of nitrogens with zero attached hydrogens (tertiary/aromatic N) is 3. The minimum Gasteiger partial charge on any atom is -0.481 e. The standard InChI is InChI=1S/C25H30FN3O5/c1-28-21(15-33-23(32)29-11-6-19(26)14-29)20(13-27-28)17-2-4-18(5-3-17)24-7-9-25(10-8-24,34-16-24)12-22(30)31/h2-5,13,19H,6-12,14-16H2,1H3,(H,30,31)/t19-,24?,25?/m0/s1. The zero-order valence-corrected chi connectivity index (χ0v) is 19.3. The van der Waals surface area contributed by atoms with Crippen LogP contribution in [0.5, 0.6) is 0 Å². The van der Waals surface area contributed by atoms with Crippen molar-refractivity contribution in [3.63, 3.8) is 0 Å². The topological polar surface area (TPSA) is 93.9 Å². The Labute approximate surface area is 197 Å². The molecule has 1 amide bonds. The molecule has 1 N–H and O–H groups in total. The number of likely N-dealkylation sites (tertiary alicyclic amines) is 1. The van der Waals surface area contributed by atoms with Crippen LogP contribution < -0.4 is 0 Å².